The summed E-state index contributed by atoms with van der Waals surface area (Å²) in [4.78, 5) is 76.2. The number of anilines is 1. The Labute approximate surface area is 386 Å². The van der Waals surface area contributed by atoms with Crippen molar-refractivity contribution in [2.75, 3.05) is 65.4 Å². The normalized spacial score (nSPS) is 18.0. The van der Waals surface area contributed by atoms with Gasteiger partial charge in [0, 0.05) is 50.4 Å². The Bertz CT molecular complexity index is 2380. The molecule has 2 aromatic carbocycles. The number of likely N-dealkylation sites (tertiary alicyclic amines) is 2. The van der Waals surface area contributed by atoms with E-state index in [1.165, 1.54) is 14.2 Å². The van der Waals surface area contributed by atoms with E-state index in [0.29, 0.717) is 42.4 Å². The predicted octanol–water partition coefficient (Wildman–Crippen LogP) is 5.60. The third-order valence-electron chi connectivity index (χ3n) is 11.7. The number of nitrogens with zero attached hydrogens (tertiary/aromatic N) is 6. The van der Waals surface area contributed by atoms with Gasteiger partial charge in [-0.1, -0.05) is 56.2 Å². The van der Waals surface area contributed by atoms with Crippen LogP contribution in [0.5, 0.6) is 0 Å². The molecule has 64 heavy (non-hydrogen) atoms. The van der Waals surface area contributed by atoms with E-state index in [-0.39, 0.29) is 54.6 Å². The zero-order chi connectivity index (χ0) is 43.8. The maximum Gasteiger partial charge on any atom is 0.407 e. The lowest BCUT2D eigenvalue weighted by molar-refractivity contribution is -0.135. The number of halogens is 2. The molecule has 0 spiro atoms. The van der Waals surface area contributed by atoms with Gasteiger partial charge in [-0.05, 0) is 74.1 Å². The second kappa shape index (κ2) is 22.4. The van der Waals surface area contributed by atoms with E-state index in [1.54, 1.807) is 23.2 Å². The largest absolute Gasteiger partial charge is 0.453 e. The number of likely N-dealkylation sites (N-methyl/N-ethyl adjacent to an activating group) is 1. The average molecular weight is 916 g/mol. The standard InChI is InChI=1S/C46H54N10O6.2ClH/c1-30(2)39(51-45(59)61-4)43(57)55-21-12-18-37(55)42-48-29-35(50-42)33-20-19-31(38(27-33)54-25-23-53(3)24-26-54)13-9-10-16-34-28-47-41(49-34)36-17-11-22-56(36)44(58)40(52-46(60)62-5)32-14-7-6-8-15-32;;/h6-8,14-15,19-20,27-30,36-37,39-40H,11-12,17-18,21-26H2,1-5H3,(H,47,49)(H,48,50)(H,51,59)(H,52,60);2*1H/t36-,37-,39-,40+;;/m0../s1. The van der Waals surface area contributed by atoms with Crippen molar-refractivity contribution in [3.8, 4) is 34.9 Å². The molecule has 0 saturated carbocycles. The number of ether oxygens (including phenoxy) is 2. The van der Waals surface area contributed by atoms with Gasteiger partial charge in [0.1, 0.15) is 29.4 Å². The summed E-state index contributed by atoms with van der Waals surface area (Å²) in [5, 5.41) is 5.40. The number of piperazine rings is 1. The van der Waals surface area contributed by atoms with Crippen molar-refractivity contribution in [2.24, 2.45) is 5.92 Å². The van der Waals surface area contributed by atoms with Crippen LogP contribution in [0.25, 0.3) is 11.3 Å². The molecule has 2 aromatic heterocycles. The van der Waals surface area contributed by atoms with Crippen LogP contribution in [0.1, 0.15) is 86.1 Å². The van der Waals surface area contributed by atoms with Gasteiger partial charge in [0.05, 0.1) is 50.1 Å². The molecule has 0 aliphatic carbocycles. The van der Waals surface area contributed by atoms with Gasteiger partial charge in [0.2, 0.25) is 5.91 Å². The Balaban J connectivity index is 0.00000385. The molecule has 3 saturated heterocycles. The predicted molar refractivity (Wildman–Crippen MR) is 247 cm³/mol. The van der Waals surface area contributed by atoms with Gasteiger partial charge < -0.3 is 49.7 Å². The van der Waals surface area contributed by atoms with E-state index in [4.69, 9.17) is 14.5 Å². The molecule has 0 radical (unpaired) electrons. The van der Waals surface area contributed by atoms with Crippen LogP contribution < -0.4 is 15.5 Å². The first-order valence-electron chi connectivity index (χ1n) is 21.1. The Morgan fingerprint density at radius 1 is 0.750 bits per heavy atom. The Hall–Kier alpha value is -6.20. The van der Waals surface area contributed by atoms with Crippen molar-refractivity contribution in [3.63, 3.8) is 0 Å². The van der Waals surface area contributed by atoms with Crippen LogP contribution in [0.3, 0.4) is 0 Å². The maximum absolute atomic E-state index is 13.9. The van der Waals surface area contributed by atoms with E-state index in [0.717, 1.165) is 67.9 Å². The second-order valence-corrected chi connectivity index (χ2v) is 16.1. The lowest BCUT2D eigenvalue weighted by atomic mass is 10.0. The summed E-state index contributed by atoms with van der Waals surface area (Å²) < 4.78 is 9.61. The topological polar surface area (TPSA) is 181 Å². The van der Waals surface area contributed by atoms with Crippen molar-refractivity contribution in [1.29, 1.82) is 0 Å². The van der Waals surface area contributed by atoms with Crippen molar-refractivity contribution in [1.82, 2.24) is 45.3 Å². The number of aromatic amines is 2. The van der Waals surface area contributed by atoms with Gasteiger partial charge in [0.25, 0.3) is 5.91 Å². The first-order chi connectivity index (χ1) is 30.0. The summed E-state index contributed by atoms with van der Waals surface area (Å²) in [6, 6.07) is 13.1. The van der Waals surface area contributed by atoms with E-state index in [9.17, 15) is 19.2 Å². The Kier molecular flexibility index (Phi) is 17.1. The molecule has 4 atom stereocenters. The summed E-state index contributed by atoms with van der Waals surface area (Å²) in [6.45, 7) is 8.41. The Morgan fingerprint density at radius 3 is 2.02 bits per heavy atom. The lowest BCUT2D eigenvalue weighted by Crippen LogP contribution is -2.51. The number of rotatable bonds is 10. The molecule has 340 valence electrons. The molecule has 4 amide bonds. The molecular weight excluding hydrogens is 859 g/mol. The Morgan fingerprint density at radius 2 is 1.36 bits per heavy atom. The summed E-state index contributed by atoms with van der Waals surface area (Å²) in [6.07, 6.45) is 5.22. The smallest absolute Gasteiger partial charge is 0.407 e. The fourth-order valence-corrected chi connectivity index (χ4v) is 8.32. The third kappa shape index (κ3) is 11.3. The number of imidazole rings is 2. The maximum atomic E-state index is 13.9. The highest BCUT2D eigenvalue weighted by atomic mass is 35.5. The first-order valence-corrected chi connectivity index (χ1v) is 21.1. The molecule has 16 nitrogen and oxygen atoms in total. The highest BCUT2D eigenvalue weighted by Crippen LogP contribution is 2.35. The quantitative estimate of drug-likeness (QED) is 0.146. The van der Waals surface area contributed by atoms with Crippen molar-refractivity contribution in [2.45, 2.75) is 63.7 Å². The fraction of sp³-hybridized carbons (Fsp3) is 0.435. The summed E-state index contributed by atoms with van der Waals surface area (Å²) in [5.41, 5.74) is 4.85. The molecule has 3 fully saturated rings. The number of benzene rings is 2. The molecule has 0 bridgehead atoms. The van der Waals surface area contributed by atoms with E-state index in [2.05, 4.69) is 72.2 Å². The van der Waals surface area contributed by atoms with Gasteiger partial charge in [0.15, 0.2) is 0 Å². The van der Waals surface area contributed by atoms with Crippen molar-refractivity contribution in [3.05, 3.63) is 89.4 Å². The minimum atomic E-state index is -0.905. The number of H-pyrrole nitrogens is 2. The number of hydrogen-bond donors (Lipinski definition) is 4. The van der Waals surface area contributed by atoms with E-state index < -0.39 is 24.3 Å². The zero-order valence-electron chi connectivity index (χ0n) is 36.7. The monoisotopic (exact) mass is 914 g/mol. The minimum absolute atomic E-state index is 0. The minimum Gasteiger partial charge on any atom is -0.453 e. The summed E-state index contributed by atoms with van der Waals surface area (Å²) >= 11 is 0. The molecule has 3 aliphatic heterocycles. The highest BCUT2D eigenvalue weighted by Gasteiger charge is 2.39. The van der Waals surface area contributed by atoms with Gasteiger partial charge >= 0.3 is 12.2 Å². The molecule has 3 aliphatic rings. The van der Waals surface area contributed by atoms with Crippen molar-refractivity contribution >= 4 is 54.5 Å². The van der Waals surface area contributed by atoms with E-state index in [1.807, 2.05) is 55.3 Å². The molecule has 0 unspecified atom stereocenters. The van der Waals surface area contributed by atoms with Crippen LogP contribution in [0.15, 0.2) is 60.9 Å². The summed E-state index contributed by atoms with van der Waals surface area (Å²) in [7, 11) is 4.68. The van der Waals surface area contributed by atoms with Crippen molar-refractivity contribution < 1.29 is 28.7 Å². The molecule has 7 rings (SSSR count). The van der Waals surface area contributed by atoms with Crippen LogP contribution in [0.2, 0.25) is 0 Å². The number of alkyl carbamates (subject to hydrolysis) is 2. The molecule has 18 heteroatoms. The number of carbonyl (C=O) groups excluding carboxylic acids is 4. The summed E-state index contributed by atoms with van der Waals surface area (Å²) in [5.74, 6) is 13.2. The fourth-order valence-electron chi connectivity index (χ4n) is 8.32. The zero-order valence-corrected chi connectivity index (χ0v) is 38.3. The number of hydrogen-bond acceptors (Lipinski definition) is 10. The van der Waals surface area contributed by atoms with Crippen LogP contribution >= 0.6 is 24.8 Å². The van der Waals surface area contributed by atoms with Crippen LogP contribution in [0, 0.1) is 29.6 Å². The van der Waals surface area contributed by atoms with Gasteiger partial charge in [-0.15, -0.1) is 24.8 Å². The van der Waals surface area contributed by atoms with Crippen LogP contribution in [-0.4, -0.2) is 125 Å². The van der Waals surface area contributed by atoms with Crippen LogP contribution in [0.4, 0.5) is 15.3 Å². The number of nitrogens with one attached hydrogen (secondary N) is 4. The molecular formula is C46H56Cl2N10O6. The molecule has 4 aromatic rings. The van der Waals surface area contributed by atoms with Crippen LogP contribution in [-0.2, 0) is 19.1 Å². The number of carbonyl (C=O) groups is 4. The number of amides is 4. The molecule has 5 heterocycles. The number of methoxy groups -OCH3 is 2. The first kappa shape index (κ1) is 48.8. The lowest BCUT2D eigenvalue weighted by Gasteiger charge is -2.34. The third-order valence-corrected chi connectivity index (χ3v) is 11.7. The second-order valence-electron chi connectivity index (χ2n) is 16.1. The molecule has 4 N–H and O–H groups in total. The average Bonchev–Trinajstić information content (AvgIpc) is 4.14. The van der Waals surface area contributed by atoms with Gasteiger partial charge in [-0.3, -0.25) is 9.59 Å². The van der Waals surface area contributed by atoms with Gasteiger partial charge in [-0.25, -0.2) is 19.6 Å². The van der Waals surface area contributed by atoms with Gasteiger partial charge in [-0.2, -0.15) is 0 Å². The number of aromatic nitrogens is 4. The van der Waals surface area contributed by atoms with E-state index >= 15 is 0 Å². The highest BCUT2D eigenvalue weighted by molar-refractivity contribution is 5.88. The SMILES string of the molecule is COC(=O)N[C@H](C(=O)N1CCC[C@H]1c1ncc(-c2ccc(C#CC#Cc3cnc([C@@H]4CCCN4C(=O)[C@H](NC(=O)OC)c4ccccc4)[nH]3)c(N3CCN(C)CC3)c2)[nH]1)C(C)C.Cl.Cl.